The van der Waals surface area contributed by atoms with Crippen molar-refractivity contribution >= 4 is 0 Å². The van der Waals surface area contributed by atoms with Gasteiger partial charge in [0.05, 0.1) is 13.7 Å². The lowest BCUT2D eigenvalue weighted by Gasteiger charge is -2.13. The van der Waals surface area contributed by atoms with Gasteiger partial charge in [0.15, 0.2) is 0 Å². The van der Waals surface area contributed by atoms with Crippen LogP contribution in [0.25, 0.3) is 0 Å². The van der Waals surface area contributed by atoms with Crippen molar-refractivity contribution in [3.8, 4) is 11.5 Å². The Morgan fingerprint density at radius 3 is 2.63 bits per heavy atom. The molecule has 0 heterocycles. The standard InChI is InChI=1S/C16H27NO2/c1-4-6-7-11-19-16-9-8-15(18-3)12-14(16)13-17-10-5-2/h8-9,12,17H,4-7,10-11,13H2,1-3H3. The zero-order valence-electron chi connectivity index (χ0n) is 12.5. The van der Waals surface area contributed by atoms with Gasteiger partial charge < -0.3 is 14.8 Å². The quantitative estimate of drug-likeness (QED) is 0.653. The highest BCUT2D eigenvalue weighted by atomic mass is 16.5. The van der Waals surface area contributed by atoms with Crippen LogP contribution in [0.5, 0.6) is 11.5 Å². The van der Waals surface area contributed by atoms with Gasteiger partial charge in [-0.3, -0.25) is 0 Å². The molecular formula is C16H27NO2. The van der Waals surface area contributed by atoms with E-state index in [1.807, 2.05) is 12.1 Å². The lowest BCUT2D eigenvalue weighted by molar-refractivity contribution is 0.301. The van der Waals surface area contributed by atoms with E-state index in [-0.39, 0.29) is 0 Å². The maximum Gasteiger partial charge on any atom is 0.124 e. The first-order chi connectivity index (χ1) is 9.31. The number of unbranched alkanes of at least 4 members (excludes halogenated alkanes) is 2. The second-order valence-corrected chi connectivity index (χ2v) is 4.71. The molecule has 0 radical (unpaired) electrons. The van der Waals surface area contributed by atoms with Gasteiger partial charge >= 0.3 is 0 Å². The van der Waals surface area contributed by atoms with Crippen LogP contribution < -0.4 is 14.8 Å². The van der Waals surface area contributed by atoms with E-state index in [2.05, 4.69) is 25.2 Å². The Balaban J connectivity index is 2.60. The molecule has 0 saturated heterocycles. The monoisotopic (exact) mass is 265 g/mol. The minimum atomic E-state index is 0.793. The number of hydrogen-bond donors (Lipinski definition) is 1. The molecule has 3 nitrogen and oxygen atoms in total. The maximum atomic E-state index is 5.87. The summed E-state index contributed by atoms with van der Waals surface area (Å²) in [6.07, 6.45) is 4.69. The third kappa shape index (κ3) is 5.97. The van der Waals surface area contributed by atoms with Crippen LogP contribution in [0.2, 0.25) is 0 Å². The van der Waals surface area contributed by atoms with Crippen LogP contribution in [-0.2, 0) is 6.54 Å². The number of hydrogen-bond acceptors (Lipinski definition) is 3. The molecule has 0 atom stereocenters. The van der Waals surface area contributed by atoms with Crippen LogP contribution in [0.3, 0.4) is 0 Å². The van der Waals surface area contributed by atoms with Crippen molar-refractivity contribution in [3.63, 3.8) is 0 Å². The van der Waals surface area contributed by atoms with E-state index < -0.39 is 0 Å². The third-order valence-corrected chi connectivity index (χ3v) is 3.02. The fraction of sp³-hybridized carbons (Fsp3) is 0.625. The molecule has 0 amide bonds. The van der Waals surface area contributed by atoms with Crippen LogP contribution in [0.15, 0.2) is 18.2 Å². The Morgan fingerprint density at radius 1 is 1.11 bits per heavy atom. The fourth-order valence-electron chi connectivity index (χ4n) is 1.90. The van der Waals surface area contributed by atoms with E-state index in [0.29, 0.717) is 0 Å². The summed E-state index contributed by atoms with van der Waals surface area (Å²) in [5.74, 6) is 1.86. The highest BCUT2D eigenvalue weighted by Crippen LogP contribution is 2.24. The van der Waals surface area contributed by atoms with Crippen molar-refractivity contribution in [3.05, 3.63) is 23.8 Å². The van der Waals surface area contributed by atoms with Gasteiger partial charge in [-0.25, -0.2) is 0 Å². The topological polar surface area (TPSA) is 30.5 Å². The first kappa shape index (κ1) is 15.8. The van der Waals surface area contributed by atoms with Crippen molar-refractivity contribution < 1.29 is 9.47 Å². The number of nitrogens with one attached hydrogen (secondary N) is 1. The summed E-state index contributed by atoms with van der Waals surface area (Å²) >= 11 is 0. The highest BCUT2D eigenvalue weighted by Gasteiger charge is 2.05. The van der Waals surface area contributed by atoms with Crippen LogP contribution in [0, 0.1) is 0 Å². The number of rotatable bonds is 10. The fourth-order valence-corrected chi connectivity index (χ4v) is 1.90. The molecule has 0 aliphatic rings. The van der Waals surface area contributed by atoms with Gasteiger partial charge in [-0.1, -0.05) is 26.7 Å². The van der Waals surface area contributed by atoms with Crippen molar-refractivity contribution in [1.82, 2.24) is 5.32 Å². The van der Waals surface area contributed by atoms with Gasteiger partial charge in [0.1, 0.15) is 11.5 Å². The van der Waals surface area contributed by atoms with Gasteiger partial charge in [0.2, 0.25) is 0 Å². The van der Waals surface area contributed by atoms with Crippen LogP contribution in [-0.4, -0.2) is 20.3 Å². The van der Waals surface area contributed by atoms with Crippen LogP contribution >= 0.6 is 0 Å². The van der Waals surface area contributed by atoms with E-state index in [9.17, 15) is 0 Å². The second-order valence-electron chi connectivity index (χ2n) is 4.71. The van der Waals surface area contributed by atoms with Crippen LogP contribution in [0.4, 0.5) is 0 Å². The second kappa shape index (κ2) is 9.68. The number of benzene rings is 1. The molecule has 19 heavy (non-hydrogen) atoms. The molecule has 0 spiro atoms. The molecule has 0 aromatic heterocycles. The first-order valence-corrected chi connectivity index (χ1v) is 7.32. The molecule has 0 aliphatic carbocycles. The van der Waals surface area contributed by atoms with Crippen molar-refractivity contribution in [2.45, 2.75) is 46.1 Å². The smallest absolute Gasteiger partial charge is 0.124 e. The largest absolute Gasteiger partial charge is 0.497 e. The molecule has 0 saturated carbocycles. The number of ether oxygens (including phenoxy) is 2. The SMILES string of the molecule is CCCCCOc1ccc(OC)cc1CNCCC. The van der Waals surface area contributed by atoms with Gasteiger partial charge in [-0.15, -0.1) is 0 Å². The van der Waals surface area contributed by atoms with E-state index in [1.54, 1.807) is 7.11 Å². The molecule has 1 aromatic carbocycles. The molecular weight excluding hydrogens is 238 g/mol. The normalized spacial score (nSPS) is 10.5. The van der Waals surface area contributed by atoms with Crippen molar-refractivity contribution in [1.29, 1.82) is 0 Å². The minimum absolute atomic E-state index is 0.793. The van der Waals surface area contributed by atoms with E-state index in [4.69, 9.17) is 9.47 Å². The zero-order valence-corrected chi connectivity index (χ0v) is 12.5. The Bertz CT molecular complexity index is 353. The van der Waals surface area contributed by atoms with E-state index in [0.717, 1.165) is 44.0 Å². The summed E-state index contributed by atoms with van der Waals surface area (Å²) in [6, 6.07) is 6.02. The van der Waals surface area contributed by atoms with Gasteiger partial charge in [-0.2, -0.15) is 0 Å². The predicted molar refractivity (Wildman–Crippen MR) is 80.0 cm³/mol. The Hall–Kier alpha value is -1.22. The maximum absolute atomic E-state index is 5.87. The van der Waals surface area contributed by atoms with Gasteiger partial charge in [0, 0.05) is 12.1 Å². The van der Waals surface area contributed by atoms with E-state index in [1.165, 1.54) is 18.4 Å². The summed E-state index contributed by atoms with van der Waals surface area (Å²) in [4.78, 5) is 0. The van der Waals surface area contributed by atoms with Gasteiger partial charge in [-0.05, 0) is 37.6 Å². The molecule has 0 bridgehead atoms. The average Bonchev–Trinajstić information content (AvgIpc) is 2.45. The molecule has 108 valence electrons. The van der Waals surface area contributed by atoms with Crippen LogP contribution in [0.1, 0.15) is 45.1 Å². The summed E-state index contributed by atoms with van der Waals surface area (Å²) in [7, 11) is 1.69. The summed E-state index contributed by atoms with van der Waals surface area (Å²) in [5, 5.41) is 3.41. The van der Waals surface area contributed by atoms with Gasteiger partial charge in [0.25, 0.3) is 0 Å². The van der Waals surface area contributed by atoms with E-state index >= 15 is 0 Å². The zero-order chi connectivity index (χ0) is 13.9. The predicted octanol–water partition coefficient (Wildman–Crippen LogP) is 3.76. The summed E-state index contributed by atoms with van der Waals surface area (Å²) in [6.45, 7) is 7.01. The van der Waals surface area contributed by atoms with Crippen molar-refractivity contribution in [2.24, 2.45) is 0 Å². The summed E-state index contributed by atoms with van der Waals surface area (Å²) < 4.78 is 11.1. The molecule has 1 aromatic rings. The molecule has 0 fully saturated rings. The lowest BCUT2D eigenvalue weighted by atomic mass is 10.2. The highest BCUT2D eigenvalue weighted by molar-refractivity contribution is 5.40. The molecule has 3 heteroatoms. The first-order valence-electron chi connectivity index (χ1n) is 7.32. The average molecular weight is 265 g/mol. The molecule has 0 unspecified atom stereocenters. The Kier molecular flexibility index (Phi) is 8.07. The molecule has 1 N–H and O–H groups in total. The molecule has 1 rings (SSSR count). The lowest BCUT2D eigenvalue weighted by Crippen LogP contribution is -2.15. The number of methoxy groups -OCH3 is 1. The summed E-state index contributed by atoms with van der Waals surface area (Å²) in [5.41, 5.74) is 1.17. The Morgan fingerprint density at radius 2 is 1.95 bits per heavy atom. The van der Waals surface area contributed by atoms with Crippen molar-refractivity contribution in [2.75, 3.05) is 20.3 Å². The Labute approximate surface area is 117 Å². The minimum Gasteiger partial charge on any atom is -0.497 e. The molecule has 0 aliphatic heterocycles. The third-order valence-electron chi connectivity index (χ3n) is 3.02.